The van der Waals surface area contributed by atoms with Crippen LogP contribution in [0.25, 0.3) is 0 Å². The minimum atomic E-state index is -0.545. The van der Waals surface area contributed by atoms with E-state index in [1.165, 1.54) is 0 Å². The average molecular weight is 531 g/mol. The van der Waals surface area contributed by atoms with Crippen molar-refractivity contribution < 1.29 is 24.5 Å². The molecule has 2 aliphatic rings. The van der Waals surface area contributed by atoms with E-state index in [2.05, 4.69) is 17.1 Å². The van der Waals surface area contributed by atoms with Crippen LogP contribution in [0.4, 0.5) is 0 Å². The highest BCUT2D eigenvalue weighted by atomic mass is 16.7. The summed E-state index contributed by atoms with van der Waals surface area (Å²) in [4.78, 5) is 14.8. The highest BCUT2D eigenvalue weighted by molar-refractivity contribution is 5.94. The SMILES string of the molecule is C[C@@H]1[C@H](CN2CCC[C@H]2CO)O[C@H](c2ccc(CNC(=O)c3ccccc3)cc2)O[C@@H]1c1ccc(CO)cc1. The number of likely N-dealkylation sites (tertiary alicyclic amines) is 1. The van der Waals surface area contributed by atoms with Crippen LogP contribution in [0.1, 0.15) is 64.8 Å². The zero-order valence-electron chi connectivity index (χ0n) is 22.4. The average Bonchev–Trinajstić information content (AvgIpc) is 3.45. The number of nitrogens with one attached hydrogen (secondary N) is 1. The molecule has 0 saturated carbocycles. The minimum Gasteiger partial charge on any atom is -0.395 e. The molecule has 7 heteroatoms. The molecular formula is C32H38N2O5. The van der Waals surface area contributed by atoms with Crippen molar-refractivity contribution in [1.82, 2.24) is 10.2 Å². The monoisotopic (exact) mass is 530 g/mol. The summed E-state index contributed by atoms with van der Waals surface area (Å²) in [5.41, 5.74) is 4.46. The molecule has 0 radical (unpaired) electrons. The number of hydrogen-bond donors (Lipinski definition) is 3. The molecule has 0 aliphatic carbocycles. The lowest BCUT2D eigenvalue weighted by atomic mass is 9.90. The number of aliphatic hydroxyl groups excluding tert-OH is 2. The first kappa shape index (κ1) is 27.5. The van der Waals surface area contributed by atoms with E-state index >= 15 is 0 Å². The Morgan fingerprint density at radius 1 is 0.923 bits per heavy atom. The number of carbonyl (C=O) groups is 1. The summed E-state index contributed by atoms with van der Waals surface area (Å²) in [6.45, 7) is 4.45. The summed E-state index contributed by atoms with van der Waals surface area (Å²) in [7, 11) is 0. The maximum atomic E-state index is 12.4. The number of hydrogen-bond acceptors (Lipinski definition) is 6. The summed E-state index contributed by atoms with van der Waals surface area (Å²) in [5, 5.41) is 22.3. The summed E-state index contributed by atoms with van der Waals surface area (Å²) in [6, 6.07) is 25.3. The number of nitrogens with zero attached hydrogens (tertiary/aromatic N) is 1. The standard InChI is InChI=1S/C32H38N2O5/c1-22-29(19-34-17-5-8-28(34)21-36)38-32(39-30(22)25-13-11-24(20-35)12-14-25)27-15-9-23(10-16-27)18-33-31(37)26-6-3-2-4-7-26/h2-4,6-7,9-16,22,28-30,32,35-36H,5,8,17-21H2,1H3,(H,33,37)/t22-,28+,29+,30+,32+/m1/s1. The smallest absolute Gasteiger partial charge is 0.251 e. The number of carbonyl (C=O) groups excluding carboxylic acids is 1. The fourth-order valence-electron chi connectivity index (χ4n) is 5.57. The van der Waals surface area contributed by atoms with Crippen LogP contribution >= 0.6 is 0 Å². The van der Waals surface area contributed by atoms with Gasteiger partial charge in [-0.1, -0.05) is 73.7 Å². The van der Waals surface area contributed by atoms with Crippen LogP contribution in [0.2, 0.25) is 0 Å². The van der Waals surface area contributed by atoms with Gasteiger partial charge in [0.2, 0.25) is 0 Å². The molecule has 3 aromatic carbocycles. The molecule has 1 amide bonds. The highest BCUT2D eigenvalue weighted by Gasteiger charge is 2.40. The number of rotatable bonds is 9. The Morgan fingerprint density at radius 3 is 2.31 bits per heavy atom. The predicted octanol–water partition coefficient (Wildman–Crippen LogP) is 4.36. The molecule has 0 unspecified atom stereocenters. The molecule has 206 valence electrons. The molecule has 2 saturated heterocycles. The Bertz CT molecular complexity index is 1200. The van der Waals surface area contributed by atoms with Crippen LogP contribution in [0.5, 0.6) is 0 Å². The lowest BCUT2D eigenvalue weighted by Crippen LogP contribution is -2.46. The molecule has 7 nitrogen and oxygen atoms in total. The molecule has 39 heavy (non-hydrogen) atoms. The van der Waals surface area contributed by atoms with E-state index in [1.807, 2.05) is 66.7 Å². The first-order valence-corrected chi connectivity index (χ1v) is 13.8. The van der Waals surface area contributed by atoms with Gasteiger partial charge in [-0.3, -0.25) is 9.69 Å². The number of ether oxygens (including phenoxy) is 2. The van der Waals surface area contributed by atoms with Crippen molar-refractivity contribution in [3.63, 3.8) is 0 Å². The maximum Gasteiger partial charge on any atom is 0.251 e. The second kappa shape index (κ2) is 12.9. The lowest BCUT2D eigenvalue weighted by Gasteiger charge is -2.43. The van der Waals surface area contributed by atoms with E-state index in [9.17, 15) is 15.0 Å². The van der Waals surface area contributed by atoms with Crippen LogP contribution < -0.4 is 5.32 Å². The molecule has 3 aromatic rings. The van der Waals surface area contributed by atoms with Crippen LogP contribution in [-0.4, -0.2) is 52.9 Å². The topological polar surface area (TPSA) is 91.3 Å². The van der Waals surface area contributed by atoms with Gasteiger partial charge in [-0.2, -0.15) is 0 Å². The Labute approximate surface area is 230 Å². The molecule has 5 rings (SSSR count). The zero-order valence-corrected chi connectivity index (χ0v) is 22.4. The van der Waals surface area contributed by atoms with Gasteiger partial charge in [0.1, 0.15) is 0 Å². The van der Waals surface area contributed by atoms with Gasteiger partial charge in [-0.25, -0.2) is 0 Å². The maximum absolute atomic E-state index is 12.4. The van der Waals surface area contributed by atoms with E-state index in [-0.39, 0.29) is 43.3 Å². The van der Waals surface area contributed by atoms with Crippen molar-refractivity contribution in [3.8, 4) is 0 Å². The Hall–Kier alpha value is -3.07. The normalized spacial score (nSPS) is 25.5. The Morgan fingerprint density at radius 2 is 1.62 bits per heavy atom. The van der Waals surface area contributed by atoms with E-state index in [1.54, 1.807) is 12.1 Å². The zero-order chi connectivity index (χ0) is 27.2. The van der Waals surface area contributed by atoms with Crippen molar-refractivity contribution in [3.05, 3.63) is 107 Å². The Balaban J connectivity index is 1.31. The van der Waals surface area contributed by atoms with Crippen molar-refractivity contribution in [1.29, 1.82) is 0 Å². The third kappa shape index (κ3) is 6.57. The van der Waals surface area contributed by atoms with E-state index < -0.39 is 6.29 Å². The molecule has 0 aromatic heterocycles. The summed E-state index contributed by atoms with van der Waals surface area (Å²) < 4.78 is 13.1. The van der Waals surface area contributed by atoms with Crippen molar-refractivity contribution >= 4 is 5.91 Å². The fraction of sp³-hybridized carbons (Fsp3) is 0.406. The summed E-state index contributed by atoms with van der Waals surface area (Å²) in [6.07, 6.45) is 1.29. The van der Waals surface area contributed by atoms with E-state index in [0.29, 0.717) is 12.1 Å². The fourth-order valence-corrected chi connectivity index (χ4v) is 5.57. The van der Waals surface area contributed by atoms with Crippen molar-refractivity contribution in [2.45, 2.75) is 57.5 Å². The summed E-state index contributed by atoms with van der Waals surface area (Å²) >= 11 is 0. The van der Waals surface area contributed by atoms with E-state index in [4.69, 9.17) is 9.47 Å². The van der Waals surface area contributed by atoms with Gasteiger partial charge in [0.15, 0.2) is 6.29 Å². The quantitative estimate of drug-likeness (QED) is 0.381. The van der Waals surface area contributed by atoms with Crippen LogP contribution in [0.3, 0.4) is 0 Å². The van der Waals surface area contributed by atoms with Crippen molar-refractivity contribution in [2.24, 2.45) is 5.92 Å². The van der Waals surface area contributed by atoms with Crippen LogP contribution in [0.15, 0.2) is 78.9 Å². The Kier molecular flexibility index (Phi) is 9.06. The first-order chi connectivity index (χ1) is 19.1. The summed E-state index contributed by atoms with van der Waals surface area (Å²) in [5.74, 6) is -0.0118. The van der Waals surface area contributed by atoms with E-state index in [0.717, 1.165) is 48.2 Å². The van der Waals surface area contributed by atoms with Gasteiger partial charge >= 0.3 is 0 Å². The van der Waals surface area contributed by atoms with Crippen molar-refractivity contribution in [2.75, 3.05) is 19.7 Å². The van der Waals surface area contributed by atoms with Gasteiger partial charge in [0.25, 0.3) is 5.91 Å². The molecule has 2 heterocycles. The lowest BCUT2D eigenvalue weighted by molar-refractivity contribution is -0.276. The van der Waals surface area contributed by atoms with Gasteiger partial charge in [0, 0.05) is 36.2 Å². The molecular weight excluding hydrogens is 492 g/mol. The van der Waals surface area contributed by atoms with Crippen LogP contribution in [-0.2, 0) is 22.6 Å². The largest absolute Gasteiger partial charge is 0.395 e. The molecule has 5 atom stereocenters. The van der Waals surface area contributed by atoms with Gasteiger partial charge in [0.05, 0.1) is 25.4 Å². The molecule has 2 aliphatic heterocycles. The molecule has 0 bridgehead atoms. The number of amides is 1. The molecule has 0 spiro atoms. The second-order valence-electron chi connectivity index (χ2n) is 10.6. The van der Waals surface area contributed by atoms with Gasteiger partial charge in [-0.15, -0.1) is 0 Å². The predicted molar refractivity (Wildman–Crippen MR) is 149 cm³/mol. The minimum absolute atomic E-state index is 0.00534. The van der Waals surface area contributed by atoms with Crippen LogP contribution in [0, 0.1) is 5.92 Å². The number of benzene rings is 3. The third-order valence-corrected chi connectivity index (χ3v) is 7.99. The second-order valence-corrected chi connectivity index (χ2v) is 10.6. The highest BCUT2D eigenvalue weighted by Crippen LogP contribution is 2.42. The molecule has 3 N–H and O–H groups in total. The van der Waals surface area contributed by atoms with Gasteiger partial charge in [-0.05, 0) is 48.2 Å². The van der Waals surface area contributed by atoms with Gasteiger partial charge < -0.3 is 25.0 Å². The number of aliphatic hydroxyl groups is 2. The third-order valence-electron chi connectivity index (χ3n) is 7.99. The first-order valence-electron chi connectivity index (χ1n) is 13.8. The molecule has 2 fully saturated rings.